The van der Waals surface area contributed by atoms with E-state index in [1.54, 1.807) is 0 Å². The van der Waals surface area contributed by atoms with Crippen molar-refractivity contribution in [3.63, 3.8) is 0 Å². The lowest BCUT2D eigenvalue weighted by Crippen LogP contribution is -2.83. The van der Waals surface area contributed by atoms with Crippen molar-refractivity contribution in [1.82, 2.24) is 0 Å². The quantitative estimate of drug-likeness (QED) is 0.0278. The standard InChI is InChI=1S/C48H76O28Si9/c1-9-41(49)57-25-17-33-77-65-79(34-18-26-58-42(50)10-2)68-82(37-21-29-61-45(53)13-5)70-80(35-19-27-59-43(51)11-3)66-78-67-81(36-20-28-60-44(52)12-4)71-83(69-79,38-22-30-62-46(54)14-6)75-85(74-82,40-24-32-64-48(56)16-8)76-84(72-80,73-81)39-23-31-63-47(55)15-7/h9-16H,1-8,17-40,77-78H2. The zero-order valence-corrected chi connectivity index (χ0v) is 57.4. The Morgan fingerprint density at radius 2 is 0.518 bits per heavy atom. The van der Waals surface area contributed by atoms with Gasteiger partial charge in [0.05, 0.1) is 52.9 Å². The summed E-state index contributed by atoms with van der Waals surface area (Å²) in [6.07, 6.45) is 8.05. The van der Waals surface area contributed by atoms with Gasteiger partial charge >= 0.3 is 109 Å². The Morgan fingerprint density at radius 1 is 0.306 bits per heavy atom. The van der Waals surface area contributed by atoms with Crippen molar-refractivity contribution in [2.75, 3.05) is 52.9 Å². The average Bonchev–Trinajstić information content (AvgIpc) is 0.746. The molecule has 4 aliphatic heterocycles. The third-order valence-electron chi connectivity index (χ3n) is 11.9. The molecule has 4 aliphatic rings. The number of fused-ring (bicyclic) bond motifs is 4. The van der Waals surface area contributed by atoms with Gasteiger partial charge in [0.25, 0.3) is 10.0 Å². The lowest BCUT2D eigenvalue weighted by molar-refractivity contribution is -0.138. The highest BCUT2D eigenvalue weighted by Gasteiger charge is 2.78. The van der Waals surface area contributed by atoms with Gasteiger partial charge in [0.2, 0.25) is 0 Å². The first-order valence-electron chi connectivity index (χ1n) is 27.3. The van der Waals surface area contributed by atoms with Gasteiger partial charge in [-0.15, -0.1) is 0 Å². The Kier molecular flexibility index (Phi) is 31.2. The third kappa shape index (κ3) is 24.3. The SMILES string of the molecule is C=CC(=O)OCCC[SiH2]O[Si]1(CCCOC(=O)C=C)O[Si]2(CCCOC(=O)C=C)O[Si]3(CCCOC(=O)C=C)O[SiH2]O[Si]4(CCCOC(=O)C=C)O[Si](CCCOC(=O)C=C)(O1)O[Si](CCCOC(=O)C=C)(O2)O[Si](CCCOC(=O)C=C)(O3)O4. The van der Waals surface area contributed by atoms with Crippen molar-refractivity contribution < 1.29 is 126 Å². The molecule has 0 radical (unpaired) electrons. The molecule has 4 unspecified atom stereocenters. The summed E-state index contributed by atoms with van der Waals surface area (Å²) >= 11 is 0. The largest absolute Gasteiger partial charge is 0.479 e. The molecule has 4 rings (SSSR count). The number of hydrogen-bond acceptors (Lipinski definition) is 28. The maximum absolute atomic E-state index is 12.6. The molecule has 0 spiro atoms. The summed E-state index contributed by atoms with van der Waals surface area (Å²) in [6, 6.07) is -1.10. The molecule has 6 bridgehead atoms. The van der Waals surface area contributed by atoms with Gasteiger partial charge in [-0.05, 0) is 57.4 Å². The monoisotopic (exact) mass is 1350 g/mol. The molecule has 0 aromatic heterocycles. The molecule has 37 heteroatoms. The Balaban J connectivity index is 2.19. The summed E-state index contributed by atoms with van der Waals surface area (Å²) in [7, 11) is -37.9. The maximum Gasteiger partial charge on any atom is 0.479 e. The molecule has 0 saturated carbocycles. The number of esters is 8. The highest BCUT2D eigenvalue weighted by atomic mass is 28.6. The molecule has 0 aromatic rings. The van der Waals surface area contributed by atoms with E-state index in [2.05, 4.69) is 52.6 Å². The molecular weight excluding hydrogens is 1280 g/mol. The highest BCUT2D eigenvalue weighted by molar-refractivity contribution is 6.99. The Bertz CT molecular complexity index is 2310. The lowest BCUT2D eigenvalue weighted by atomic mass is 10.5. The summed E-state index contributed by atoms with van der Waals surface area (Å²) in [5, 5.41) is 0. The number of carbonyl (C=O) groups is 8. The third-order valence-corrected chi connectivity index (χ3v) is 48.9. The molecule has 4 fully saturated rings. The minimum atomic E-state index is -4.91. The van der Waals surface area contributed by atoms with E-state index in [0.717, 1.165) is 48.6 Å². The van der Waals surface area contributed by atoms with Gasteiger partial charge in [0.15, 0.2) is 9.76 Å². The van der Waals surface area contributed by atoms with E-state index in [0.29, 0.717) is 12.5 Å². The molecule has 4 saturated heterocycles. The summed E-state index contributed by atoms with van der Waals surface area (Å²) < 4.78 is 133. The summed E-state index contributed by atoms with van der Waals surface area (Å²) in [5.41, 5.74) is 0. The predicted molar refractivity (Wildman–Crippen MR) is 315 cm³/mol. The van der Waals surface area contributed by atoms with E-state index in [1.165, 1.54) is 0 Å². The number of hydrogen-bond donors (Lipinski definition) is 0. The summed E-state index contributed by atoms with van der Waals surface area (Å²) in [4.78, 5) is 99.8. The number of ether oxygens (including phenoxy) is 8. The van der Waals surface area contributed by atoms with Crippen LogP contribution in [0, 0.1) is 0 Å². The van der Waals surface area contributed by atoms with Crippen molar-refractivity contribution in [2.45, 2.75) is 99.7 Å². The molecule has 0 N–H and O–H groups in total. The number of rotatable bonds is 42. The van der Waals surface area contributed by atoms with Crippen molar-refractivity contribution in [3.8, 4) is 0 Å². The van der Waals surface area contributed by atoms with Crippen molar-refractivity contribution in [1.29, 1.82) is 0 Å². The van der Waals surface area contributed by atoms with Gasteiger partial charge in [-0.1, -0.05) is 52.6 Å². The van der Waals surface area contributed by atoms with E-state index in [9.17, 15) is 38.4 Å². The molecular formula is C48H76O28Si9. The minimum absolute atomic E-state index is 0.00454. The van der Waals surface area contributed by atoms with E-state index >= 15 is 0 Å². The van der Waals surface area contributed by atoms with Crippen LogP contribution in [0.5, 0.6) is 0 Å². The fourth-order valence-corrected chi connectivity index (χ4v) is 55.6. The van der Waals surface area contributed by atoms with Crippen LogP contribution in [-0.2, 0) is 126 Å². The first kappa shape index (κ1) is 72.6. The number of carbonyl (C=O) groups excluding carboxylic acids is 8. The Labute approximate surface area is 506 Å². The van der Waals surface area contributed by atoms with Gasteiger partial charge in [0.1, 0.15) is 0 Å². The fraction of sp³-hybridized carbons (Fsp3) is 0.500. The molecule has 85 heavy (non-hydrogen) atoms. The fourth-order valence-electron chi connectivity index (χ4n) is 8.27. The van der Waals surface area contributed by atoms with Gasteiger partial charge in [-0.3, -0.25) is 0 Å². The molecule has 472 valence electrons. The Morgan fingerprint density at radius 3 is 0.776 bits per heavy atom. The molecule has 4 atom stereocenters. The lowest BCUT2D eigenvalue weighted by Gasteiger charge is -2.59. The van der Waals surface area contributed by atoms with Crippen LogP contribution in [-0.4, -0.2) is 182 Å². The van der Waals surface area contributed by atoms with Gasteiger partial charge in [-0.2, -0.15) is 0 Å². The van der Waals surface area contributed by atoms with Crippen LogP contribution in [0.2, 0.25) is 48.4 Å². The van der Waals surface area contributed by atoms with Gasteiger partial charge < -0.3 is 87.3 Å². The zero-order valence-electron chi connectivity index (χ0n) is 47.6. The smallest absolute Gasteiger partial charge is 0.463 e. The van der Waals surface area contributed by atoms with Gasteiger partial charge in [-0.25, -0.2) is 38.4 Å². The van der Waals surface area contributed by atoms with E-state index < -0.39 is 129 Å². The van der Waals surface area contributed by atoms with Crippen LogP contribution < -0.4 is 0 Å². The maximum atomic E-state index is 12.6. The first-order valence-corrected chi connectivity index (χ1v) is 43.5. The molecule has 0 aliphatic carbocycles. The zero-order chi connectivity index (χ0) is 62.3. The molecule has 28 nitrogen and oxygen atoms in total. The second-order valence-electron chi connectivity index (χ2n) is 18.4. The van der Waals surface area contributed by atoms with Crippen molar-refractivity contribution in [2.24, 2.45) is 0 Å². The van der Waals surface area contributed by atoms with E-state index in [1.807, 2.05) is 0 Å². The van der Waals surface area contributed by atoms with Gasteiger partial charge in [0, 0.05) is 90.9 Å². The van der Waals surface area contributed by atoms with Crippen molar-refractivity contribution >= 4 is 129 Å². The van der Waals surface area contributed by atoms with Crippen LogP contribution in [0.15, 0.2) is 101 Å². The second kappa shape index (κ2) is 36.5. The topological polar surface area (TPSA) is 321 Å². The second-order valence-corrected chi connectivity index (χ2v) is 43.6. The highest BCUT2D eigenvalue weighted by Crippen LogP contribution is 2.50. The normalized spacial score (nSPS) is 26.9. The molecule has 0 aromatic carbocycles. The van der Waals surface area contributed by atoms with Crippen LogP contribution in [0.25, 0.3) is 0 Å². The van der Waals surface area contributed by atoms with Crippen molar-refractivity contribution in [3.05, 3.63) is 101 Å². The predicted octanol–water partition coefficient (Wildman–Crippen LogP) is 3.27. The molecule has 0 amide bonds. The van der Waals surface area contributed by atoms with Crippen LogP contribution in [0.3, 0.4) is 0 Å². The van der Waals surface area contributed by atoms with Crippen LogP contribution >= 0.6 is 0 Å². The van der Waals surface area contributed by atoms with Crippen LogP contribution in [0.1, 0.15) is 51.4 Å². The first-order chi connectivity index (χ1) is 40.7. The average molecular weight is 1350 g/mol. The van der Waals surface area contributed by atoms with E-state index in [-0.39, 0.29) is 140 Å². The molecule has 4 heterocycles. The van der Waals surface area contributed by atoms with E-state index in [4.69, 9.17) is 87.3 Å². The van der Waals surface area contributed by atoms with Crippen LogP contribution in [0.4, 0.5) is 0 Å². The Hall–Kier alpha value is -4.85. The summed E-state index contributed by atoms with van der Waals surface area (Å²) in [6.45, 7) is 26.3. The minimum Gasteiger partial charge on any atom is -0.463 e. The summed E-state index contributed by atoms with van der Waals surface area (Å²) in [5.74, 6) is -5.84.